The Morgan fingerprint density at radius 3 is 2.15 bits per heavy atom. The summed E-state index contributed by atoms with van der Waals surface area (Å²) in [6.45, 7) is 0. The molecule has 0 rings (SSSR count). The third-order valence-corrected chi connectivity index (χ3v) is 1.12. The number of rotatable bonds is 4. The van der Waals surface area contributed by atoms with Crippen LogP contribution in [0.2, 0.25) is 0 Å². The topological polar surface area (TPSA) is 57.6 Å². The number of carboxylic acid groups (broad SMARTS) is 1. The average molecular weight is 193 g/mol. The van der Waals surface area contributed by atoms with Crippen molar-refractivity contribution < 1.29 is 23.5 Å². The minimum Gasteiger partial charge on any atom is -0.478 e. The average Bonchev–Trinajstić information content (AvgIpc) is 1.99. The monoisotopic (exact) mass is 193 g/mol. The highest BCUT2D eigenvalue weighted by atomic mass is 19.3. The van der Waals surface area contributed by atoms with E-state index in [0.717, 1.165) is 4.90 Å². The van der Waals surface area contributed by atoms with E-state index in [0.29, 0.717) is 6.20 Å². The molecule has 0 heterocycles. The largest absolute Gasteiger partial charge is 0.478 e. The van der Waals surface area contributed by atoms with E-state index < -0.39 is 23.8 Å². The number of carbonyl (C=O) groups is 2. The lowest BCUT2D eigenvalue weighted by molar-refractivity contribution is -0.140. The first-order chi connectivity index (χ1) is 5.81. The van der Waals surface area contributed by atoms with Crippen LogP contribution in [0, 0.1) is 0 Å². The Balaban J connectivity index is 5.04. The van der Waals surface area contributed by atoms with Crippen molar-refractivity contribution in [2.24, 2.45) is 0 Å². The van der Waals surface area contributed by atoms with Gasteiger partial charge in [-0.1, -0.05) is 0 Å². The molecule has 0 aromatic carbocycles. The molecule has 0 saturated carbocycles. The fourth-order valence-corrected chi connectivity index (χ4v) is 0.606. The molecule has 0 radical (unpaired) electrons. The van der Waals surface area contributed by atoms with Crippen LogP contribution in [-0.4, -0.2) is 42.3 Å². The van der Waals surface area contributed by atoms with Gasteiger partial charge in [0.25, 0.3) is 0 Å². The molecule has 0 aromatic heterocycles. The van der Waals surface area contributed by atoms with Gasteiger partial charge in [-0.15, -0.1) is 0 Å². The van der Waals surface area contributed by atoms with E-state index in [9.17, 15) is 18.4 Å². The van der Waals surface area contributed by atoms with E-state index >= 15 is 0 Å². The second kappa shape index (κ2) is 3.97. The predicted octanol–water partition coefficient (Wildman–Crippen LogP) is 0.351. The smallest absolute Gasteiger partial charge is 0.339 e. The van der Waals surface area contributed by atoms with E-state index in [1.165, 1.54) is 14.1 Å². The van der Waals surface area contributed by atoms with Gasteiger partial charge in [-0.3, -0.25) is 4.79 Å². The van der Waals surface area contributed by atoms with Gasteiger partial charge >= 0.3 is 11.9 Å². The van der Waals surface area contributed by atoms with Gasteiger partial charge in [0, 0.05) is 20.3 Å². The number of carboxylic acids is 1. The lowest BCUT2D eigenvalue weighted by Crippen LogP contribution is -2.28. The summed E-state index contributed by atoms with van der Waals surface area (Å²) in [5.41, 5.74) is -1.24. The molecule has 4 nitrogen and oxygen atoms in total. The van der Waals surface area contributed by atoms with Crippen LogP contribution in [0.15, 0.2) is 11.8 Å². The summed E-state index contributed by atoms with van der Waals surface area (Å²) in [5, 5.41) is 8.36. The molecule has 0 atom stereocenters. The van der Waals surface area contributed by atoms with Crippen molar-refractivity contribution >= 4 is 12.3 Å². The van der Waals surface area contributed by atoms with Gasteiger partial charge in [0.2, 0.25) is 0 Å². The lowest BCUT2D eigenvalue weighted by atomic mass is 10.1. The van der Waals surface area contributed by atoms with Gasteiger partial charge in [0.1, 0.15) is 5.57 Å². The van der Waals surface area contributed by atoms with Gasteiger partial charge in [-0.05, 0) is 0 Å². The molecule has 0 fully saturated rings. The fraction of sp³-hybridized carbons (Fsp3) is 0.429. The zero-order chi connectivity index (χ0) is 10.6. The number of hydrogen-bond acceptors (Lipinski definition) is 3. The zero-order valence-corrected chi connectivity index (χ0v) is 7.12. The van der Waals surface area contributed by atoms with Crippen molar-refractivity contribution in [3.05, 3.63) is 11.8 Å². The van der Waals surface area contributed by atoms with Crippen LogP contribution in [0.5, 0.6) is 0 Å². The number of hydrogen-bond donors (Lipinski definition) is 1. The SMILES string of the molecule is CN(C)C=C(C(=O)O)C(F)(F)C=O. The van der Waals surface area contributed by atoms with Crippen LogP contribution in [0.25, 0.3) is 0 Å². The molecule has 0 saturated heterocycles. The molecule has 0 aliphatic heterocycles. The molecule has 13 heavy (non-hydrogen) atoms. The first kappa shape index (κ1) is 11.5. The molecule has 1 N–H and O–H groups in total. The maximum Gasteiger partial charge on any atom is 0.339 e. The maximum atomic E-state index is 12.6. The molecular formula is C7H9F2NO3. The summed E-state index contributed by atoms with van der Waals surface area (Å²) in [6.07, 6.45) is -0.00676. The number of aldehydes is 1. The number of carbonyl (C=O) groups excluding carboxylic acids is 1. The van der Waals surface area contributed by atoms with Crippen molar-refractivity contribution in [1.82, 2.24) is 4.90 Å². The van der Waals surface area contributed by atoms with E-state index in [-0.39, 0.29) is 0 Å². The quantitative estimate of drug-likeness (QED) is 0.517. The third-order valence-electron chi connectivity index (χ3n) is 1.12. The van der Waals surface area contributed by atoms with Crippen LogP contribution in [0.3, 0.4) is 0 Å². The zero-order valence-electron chi connectivity index (χ0n) is 7.12. The van der Waals surface area contributed by atoms with Gasteiger partial charge < -0.3 is 10.0 Å². The maximum absolute atomic E-state index is 12.6. The first-order valence-corrected chi connectivity index (χ1v) is 3.27. The standard InChI is InChI=1S/C7H9F2NO3/c1-10(2)3-5(6(12)13)7(8,9)4-11/h3-4H,1-2H3,(H,12,13). The molecule has 74 valence electrons. The Hall–Kier alpha value is -1.46. The molecule has 0 unspecified atom stereocenters. The summed E-state index contributed by atoms with van der Waals surface area (Å²) in [7, 11) is 2.76. The summed E-state index contributed by atoms with van der Waals surface area (Å²) < 4.78 is 25.2. The lowest BCUT2D eigenvalue weighted by Gasteiger charge is -2.12. The van der Waals surface area contributed by atoms with Crippen molar-refractivity contribution in [3.8, 4) is 0 Å². The highest BCUT2D eigenvalue weighted by Gasteiger charge is 2.38. The van der Waals surface area contributed by atoms with Gasteiger partial charge in [-0.2, -0.15) is 8.78 Å². The van der Waals surface area contributed by atoms with Crippen LogP contribution >= 0.6 is 0 Å². The second-order valence-electron chi connectivity index (χ2n) is 2.55. The molecule has 0 aromatic rings. The Bertz CT molecular complexity index is 248. The van der Waals surface area contributed by atoms with E-state index in [4.69, 9.17) is 5.11 Å². The molecule has 0 amide bonds. The van der Waals surface area contributed by atoms with Gasteiger partial charge in [-0.25, -0.2) is 4.79 Å². The Labute approximate surface area is 73.4 Å². The van der Waals surface area contributed by atoms with Crippen molar-refractivity contribution in [3.63, 3.8) is 0 Å². The number of halogens is 2. The van der Waals surface area contributed by atoms with Gasteiger partial charge in [0.15, 0.2) is 6.29 Å². The second-order valence-corrected chi connectivity index (χ2v) is 2.55. The predicted molar refractivity (Wildman–Crippen MR) is 40.4 cm³/mol. The van der Waals surface area contributed by atoms with Crippen molar-refractivity contribution in [2.45, 2.75) is 5.92 Å². The fourth-order valence-electron chi connectivity index (χ4n) is 0.606. The Morgan fingerprint density at radius 2 is 1.92 bits per heavy atom. The van der Waals surface area contributed by atoms with Gasteiger partial charge in [0.05, 0.1) is 0 Å². The molecule has 0 aliphatic rings. The normalized spacial score (nSPS) is 12.5. The molecule has 0 spiro atoms. The van der Waals surface area contributed by atoms with Crippen molar-refractivity contribution in [1.29, 1.82) is 0 Å². The minimum absolute atomic E-state index is 0.691. The number of aliphatic carboxylic acids is 1. The minimum atomic E-state index is -3.95. The van der Waals surface area contributed by atoms with Crippen LogP contribution in [-0.2, 0) is 9.59 Å². The molecule has 0 aliphatic carbocycles. The summed E-state index contributed by atoms with van der Waals surface area (Å²) >= 11 is 0. The molecular weight excluding hydrogens is 184 g/mol. The van der Waals surface area contributed by atoms with Crippen LogP contribution < -0.4 is 0 Å². The highest BCUT2D eigenvalue weighted by molar-refractivity contribution is 5.93. The number of nitrogens with zero attached hydrogens (tertiary/aromatic N) is 1. The highest BCUT2D eigenvalue weighted by Crippen LogP contribution is 2.21. The number of alkyl halides is 2. The summed E-state index contributed by atoms with van der Waals surface area (Å²) in [4.78, 5) is 21.3. The first-order valence-electron chi connectivity index (χ1n) is 3.27. The Morgan fingerprint density at radius 1 is 1.46 bits per heavy atom. The van der Waals surface area contributed by atoms with E-state index in [1.54, 1.807) is 0 Å². The van der Waals surface area contributed by atoms with E-state index in [1.807, 2.05) is 0 Å². The van der Waals surface area contributed by atoms with E-state index in [2.05, 4.69) is 0 Å². The third kappa shape index (κ3) is 3.18. The molecule has 6 heteroatoms. The summed E-state index contributed by atoms with van der Waals surface area (Å²) in [5.74, 6) is -5.76. The van der Waals surface area contributed by atoms with Crippen LogP contribution in [0.1, 0.15) is 0 Å². The molecule has 0 bridgehead atoms. The summed E-state index contributed by atoms with van der Waals surface area (Å²) in [6, 6.07) is 0. The van der Waals surface area contributed by atoms with Crippen LogP contribution in [0.4, 0.5) is 8.78 Å². The Kier molecular flexibility index (Phi) is 3.53. The van der Waals surface area contributed by atoms with Crippen molar-refractivity contribution in [2.75, 3.05) is 14.1 Å².